The Morgan fingerprint density at radius 2 is 2.46 bits per heavy atom. The van der Waals surface area contributed by atoms with Crippen LogP contribution in [0.15, 0.2) is 17.5 Å². The van der Waals surface area contributed by atoms with Crippen LogP contribution in [0, 0.1) is 11.3 Å². The predicted molar refractivity (Wildman–Crippen MR) is 53.7 cm³/mol. The van der Waals surface area contributed by atoms with E-state index in [1.54, 1.807) is 11.3 Å². The van der Waals surface area contributed by atoms with Gasteiger partial charge in [0, 0.05) is 5.39 Å². The van der Waals surface area contributed by atoms with Gasteiger partial charge in [-0.2, -0.15) is 5.26 Å². The van der Waals surface area contributed by atoms with Crippen LogP contribution in [0.3, 0.4) is 0 Å². The molecule has 2 nitrogen and oxygen atoms in total. The van der Waals surface area contributed by atoms with E-state index in [2.05, 4.69) is 24.0 Å². The van der Waals surface area contributed by atoms with Gasteiger partial charge < -0.3 is 0 Å². The van der Waals surface area contributed by atoms with Gasteiger partial charge in [-0.1, -0.05) is 6.92 Å². The number of rotatable bonds is 1. The van der Waals surface area contributed by atoms with Gasteiger partial charge in [-0.3, -0.25) is 0 Å². The van der Waals surface area contributed by atoms with Crippen molar-refractivity contribution in [1.82, 2.24) is 4.98 Å². The molecule has 2 rings (SSSR count). The molecule has 2 aromatic heterocycles. The van der Waals surface area contributed by atoms with E-state index in [0.717, 1.165) is 11.3 Å². The van der Waals surface area contributed by atoms with Crippen molar-refractivity contribution in [2.75, 3.05) is 0 Å². The SMILES string of the molecule is CCc1cc(C#N)nc2sccc12. The summed E-state index contributed by atoms with van der Waals surface area (Å²) in [6.45, 7) is 2.09. The molecule has 0 fully saturated rings. The summed E-state index contributed by atoms with van der Waals surface area (Å²) >= 11 is 1.58. The molecule has 0 amide bonds. The lowest BCUT2D eigenvalue weighted by atomic mass is 10.1. The number of hydrogen-bond acceptors (Lipinski definition) is 3. The Morgan fingerprint density at radius 3 is 3.15 bits per heavy atom. The zero-order chi connectivity index (χ0) is 9.26. The summed E-state index contributed by atoms with van der Waals surface area (Å²) in [5.41, 5.74) is 1.73. The van der Waals surface area contributed by atoms with Crippen LogP contribution in [0.4, 0.5) is 0 Å². The second-order valence-electron chi connectivity index (χ2n) is 2.77. The van der Waals surface area contributed by atoms with E-state index in [9.17, 15) is 0 Å². The molecule has 0 radical (unpaired) electrons. The molecule has 0 spiro atoms. The van der Waals surface area contributed by atoms with Gasteiger partial charge >= 0.3 is 0 Å². The lowest BCUT2D eigenvalue weighted by Crippen LogP contribution is -1.87. The lowest BCUT2D eigenvalue weighted by Gasteiger charge is -1.98. The highest BCUT2D eigenvalue weighted by Crippen LogP contribution is 2.23. The number of hydrogen-bond donors (Lipinski definition) is 0. The highest BCUT2D eigenvalue weighted by molar-refractivity contribution is 7.16. The van der Waals surface area contributed by atoms with Crippen molar-refractivity contribution in [1.29, 1.82) is 5.26 Å². The standard InChI is InChI=1S/C10H8N2S/c1-2-7-5-8(6-11)12-10-9(7)3-4-13-10/h3-5H,2H2,1H3. The smallest absolute Gasteiger partial charge is 0.142 e. The zero-order valence-electron chi connectivity index (χ0n) is 7.24. The molecule has 0 saturated carbocycles. The van der Waals surface area contributed by atoms with Crippen LogP contribution in [0.25, 0.3) is 10.2 Å². The van der Waals surface area contributed by atoms with Gasteiger partial charge in [0.25, 0.3) is 0 Å². The van der Waals surface area contributed by atoms with E-state index in [0.29, 0.717) is 5.69 Å². The molecule has 0 atom stereocenters. The van der Waals surface area contributed by atoms with Crippen LogP contribution in [-0.4, -0.2) is 4.98 Å². The second kappa shape index (κ2) is 3.15. The summed E-state index contributed by atoms with van der Waals surface area (Å²) in [4.78, 5) is 5.19. The number of nitriles is 1. The molecule has 2 aromatic rings. The molecule has 0 aliphatic heterocycles. The Hall–Kier alpha value is -1.40. The molecule has 0 aliphatic carbocycles. The summed E-state index contributed by atoms with van der Waals surface area (Å²) in [6.07, 6.45) is 0.949. The molecule has 0 N–H and O–H groups in total. The van der Waals surface area contributed by atoms with Gasteiger partial charge in [0.1, 0.15) is 16.6 Å². The summed E-state index contributed by atoms with van der Waals surface area (Å²) in [6, 6.07) is 6.01. The van der Waals surface area contributed by atoms with Gasteiger partial charge in [0.15, 0.2) is 0 Å². The maximum atomic E-state index is 8.75. The van der Waals surface area contributed by atoms with E-state index in [4.69, 9.17) is 5.26 Å². The quantitative estimate of drug-likeness (QED) is 0.690. The molecule has 64 valence electrons. The Kier molecular flexibility index (Phi) is 1.99. The largest absolute Gasteiger partial charge is 0.226 e. The normalized spacial score (nSPS) is 10.2. The van der Waals surface area contributed by atoms with Crippen molar-refractivity contribution in [2.24, 2.45) is 0 Å². The lowest BCUT2D eigenvalue weighted by molar-refractivity contribution is 1.14. The minimum atomic E-state index is 0.520. The third-order valence-corrected chi connectivity index (χ3v) is 2.83. The maximum absolute atomic E-state index is 8.75. The molecule has 2 heterocycles. The van der Waals surface area contributed by atoms with Crippen molar-refractivity contribution < 1.29 is 0 Å². The van der Waals surface area contributed by atoms with Gasteiger partial charge in [-0.15, -0.1) is 11.3 Å². The van der Waals surface area contributed by atoms with E-state index in [-0.39, 0.29) is 0 Å². The van der Waals surface area contributed by atoms with Crippen molar-refractivity contribution in [3.63, 3.8) is 0 Å². The number of nitrogens with zero attached hydrogens (tertiary/aromatic N) is 2. The fourth-order valence-corrected chi connectivity index (χ4v) is 2.18. The molecule has 13 heavy (non-hydrogen) atoms. The fraction of sp³-hybridized carbons (Fsp3) is 0.200. The Bertz CT molecular complexity index is 479. The monoisotopic (exact) mass is 188 g/mol. The minimum Gasteiger partial charge on any atom is -0.226 e. The van der Waals surface area contributed by atoms with E-state index in [1.165, 1.54) is 10.9 Å². The zero-order valence-corrected chi connectivity index (χ0v) is 8.06. The molecule has 0 unspecified atom stereocenters. The number of thiophene rings is 1. The summed E-state index contributed by atoms with van der Waals surface area (Å²) in [7, 11) is 0. The molecule has 0 saturated heterocycles. The average molecular weight is 188 g/mol. The van der Waals surface area contributed by atoms with Crippen LogP contribution >= 0.6 is 11.3 Å². The van der Waals surface area contributed by atoms with Crippen LogP contribution in [-0.2, 0) is 6.42 Å². The first-order valence-electron chi connectivity index (χ1n) is 4.12. The highest BCUT2D eigenvalue weighted by Gasteiger charge is 2.04. The molecule has 0 bridgehead atoms. The van der Waals surface area contributed by atoms with Crippen LogP contribution in [0.2, 0.25) is 0 Å². The first kappa shape index (κ1) is 8.21. The predicted octanol–water partition coefficient (Wildman–Crippen LogP) is 2.73. The van der Waals surface area contributed by atoms with Gasteiger partial charge in [0.2, 0.25) is 0 Å². The Morgan fingerprint density at radius 1 is 1.62 bits per heavy atom. The maximum Gasteiger partial charge on any atom is 0.142 e. The van der Waals surface area contributed by atoms with Crippen molar-refractivity contribution in [3.8, 4) is 6.07 Å². The van der Waals surface area contributed by atoms with Crippen LogP contribution < -0.4 is 0 Å². The summed E-state index contributed by atoms with van der Waals surface area (Å²) in [5, 5.41) is 11.9. The van der Waals surface area contributed by atoms with Crippen LogP contribution in [0.1, 0.15) is 18.2 Å². The molecular formula is C10H8N2S. The Labute approximate surface area is 80.5 Å². The number of fused-ring (bicyclic) bond motifs is 1. The van der Waals surface area contributed by atoms with Crippen molar-refractivity contribution in [3.05, 3.63) is 28.8 Å². The third-order valence-electron chi connectivity index (χ3n) is 2.02. The average Bonchev–Trinajstić information content (AvgIpc) is 2.63. The number of aromatic nitrogens is 1. The first-order chi connectivity index (χ1) is 6.35. The number of pyridine rings is 1. The molecular weight excluding hydrogens is 180 g/mol. The van der Waals surface area contributed by atoms with Gasteiger partial charge in [0.05, 0.1) is 0 Å². The van der Waals surface area contributed by atoms with Crippen LogP contribution in [0.5, 0.6) is 0 Å². The van der Waals surface area contributed by atoms with Crippen molar-refractivity contribution in [2.45, 2.75) is 13.3 Å². The second-order valence-corrected chi connectivity index (χ2v) is 3.67. The van der Waals surface area contributed by atoms with E-state index >= 15 is 0 Å². The molecule has 3 heteroatoms. The highest BCUT2D eigenvalue weighted by atomic mass is 32.1. The number of aryl methyl sites for hydroxylation is 1. The Balaban J connectivity index is 2.79. The third kappa shape index (κ3) is 1.30. The van der Waals surface area contributed by atoms with Gasteiger partial charge in [-0.05, 0) is 29.5 Å². The summed E-state index contributed by atoms with van der Waals surface area (Å²) < 4.78 is 0. The minimum absolute atomic E-state index is 0.520. The topological polar surface area (TPSA) is 36.7 Å². The summed E-state index contributed by atoms with van der Waals surface area (Å²) in [5.74, 6) is 0. The van der Waals surface area contributed by atoms with Crippen molar-refractivity contribution >= 4 is 21.6 Å². The van der Waals surface area contributed by atoms with E-state index in [1.807, 2.05) is 11.4 Å². The fourth-order valence-electron chi connectivity index (χ4n) is 1.37. The van der Waals surface area contributed by atoms with Gasteiger partial charge in [-0.25, -0.2) is 4.98 Å². The molecule has 0 aromatic carbocycles. The van der Waals surface area contributed by atoms with E-state index < -0.39 is 0 Å². The molecule has 0 aliphatic rings. The first-order valence-corrected chi connectivity index (χ1v) is 5.00.